The Morgan fingerprint density at radius 1 is 1.22 bits per heavy atom. The van der Waals surface area contributed by atoms with Crippen molar-refractivity contribution in [3.63, 3.8) is 0 Å². The van der Waals surface area contributed by atoms with Crippen LogP contribution < -0.4 is 10.2 Å². The number of hydrogen-bond donors (Lipinski definition) is 1. The van der Waals surface area contributed by atoms with Gasteiger partial charge < -0.3 is 10.2 Å². The maximum atomic E-state index is 11.7. The zero-order valence-corrected chi connectivity index (χ0v) is 10.1. The molecule has 0 spiro atoms. The number of aryl methyl sites for hydroxylation is 1. The Morgan fingerprint density at radius 2 is 2.06 bits per heavy atom. The summed E-state index contributed by atoms with van der Waals surface area (Å²) < 4.78 is 0. The highest BCUT2D eigenvalue weighted by molar-refractivity contribution is 6.03. The Bertz CT molecular complexity index is 592. The molecule has 0 saturated carbocycles. The SMILES string of the molecule is Cc1ccc(N2CC(=O)Nc3ccccc32)cn1. The molecule has 0 atom stereocenters. The van der Waals surface area contributed by atoms with Gasteiger partial charge in [0, 0.05) is 5.69 Å². The van der Waals surface area contributed by atoms with Crippen molar-refractivity contribution in [1.29, 1.82) is 0 Å². The molecule has 1 N–H and O–H groups in total. The molecule has 90 valence electrons. The number of carbonyl (C=O) groups excluding carboxylic acids is 1. The number of rotatable bonds is 1. The van der Waals surface area contributed by atoms with E-state index in [-0.39, 0.29) is 5.91 Å². The molecular weight excluding hydrogens is 226 g/mol. The van der Waals surface area contributed by atoms with Gasteiger partial charge in [-0.05, 0) is 31.2 Å². The maximum absolute atomic E-state index is 11.7. The van der Waals surface area contributed by atoms with Crippen LogP contribution in [0.3, 0.4) is 0 Å². The minimum Gasteiger partial charge on any atom is -0.329 e. The van der Waals surface area contributed by atoms with E-state index in [1.165, 1.54) is 0 Å². The van der Waals surface area contributed by atoms with Crippen LogP contribution in [-0.2, 0) is 4.79 Å². The number of anilines is 3. The van der Waals surface area contributed by atoms with Crippen molar-refractivity contribution >= 4 is 23.0 Å². The molecule has 0 unspecified atom stereocenters. The number of fused-ring (bicyclic) bond motifs is 1. The number of hydrogen-bond acceptors (Lipinski definition) is 3. The summed E-state index contributed by atoms with van der Waals surface area (Å²) in [5.74, 6) is -0.00530. The summed E-state index contributed by atoms with van der Waals surface area (Å²) in [5.41, 5.74) is 3.74. The predicted molar refractivity (Wildman–Crippen MR) is 71.1 cm³/mol. The normalized spacial score (nSPS) is 14.1. The van der Waals surface area contributed by atoms with E-state index in [4.69, 9.17) is 0 Å². The molecule has 0 aliphatic carbocycles. The third-order valence-electron chi connectivity index (χ3n) is 2.98. The van der Waals surface area contributed by atoms with Gasteiger partial charge in [0.15, 0.2) is 0 Å². The predicted octanol–water partition coefficient (Wildman–Crippen LogP) is 2.48. The minimum absolute atomic E-state index is 0.00530. The first-order valence-electron chi connectivity index (χ1n) is 5.83. The molecule has 1 amide bonds. The monoisotopic (exact) mass is 239 g/mol. The topological polar surface area (TPSA) is 45.2 Å². The van der Waals surface area contributed by atoms with Gasteiger partial charge in [-0.1, -0.05) is 12.1 Å². The minimum atomic E-state index is -0.00530. The van der Waals surface area contributed by atoms with E-state index in [2.05, 4.69) is 10.3 Å². The second-order valence-corrected chi connectivity index (χ2v) is 4.31. The van der Waals surface area contributed by atoms with Crippen LogP contribution in [0.15, 0.2) is 42.6 Å². The highest BCUT2D eigenvalue weighted by atomic mass is 16.2. The molecule has 2 heterocycles. The standard InChI is InChI=1S/C14H13N3O/c1-10-6-7-11(8-15-10)17-9-14(18)16-12-4-2-3-5-13(12)17/h2-8H,9H2,1H3,(H,16,18). The van der Waals surface area contributed by atoms with E-state index in [1.54, 1.807) is 6.20 Å². The lowest BCUT2D eigenvalue weighted by molar-refractivity contribution is -0.115. The van der Waals surface area contributed by atoms with Crippen molar-refractivity contribution in [2.75, 3.05) is 16.8 Å². The summed E-state index contributed by atoms with van der Waals surface area (Å²) >= 11 is 0. The average molecular weight is 239 g/mol. The second-order valence-electron chi connectivity index (χ2n) is 4.31. The Balaban J connectivity index is 2.07. The summed E-state index contributed by atoms with van der Waals surface area (Å²) in [6.07, 6.45) is 1.80. The molecule has 1 aromatic carbocycles. The molecule has 0 fully saturated rings. The Kier molecular flexibility index (Phi) is 2.48. The summed E-state index contributed by atoms with van der Waals surface area (Å²) in [4.78, 5) is 18.0. The quantitative estimate of drug-likeness (QED) is 0.831. The Labute approximate surface area is 105 Å². The first-order valence-corrected chi connectivity index (χ1v) is 5.83. The van der Waals surface area contributed by atoms with E-state index in [9.17, 15) is 4.79 Å². The van der Waals surface area contributed by atoms with Crippen molar-refractivity contribution in [1.82, 2.24) is 4.98 Å². The third-order valence-corrected chi connectivity index (χ3v) is 2.98. The van der Waals surface area contributed by atoms with Gasteiger partial charge in [-0.15, -0.1) is 0 Å². The molecule has 1 aliphatic rings. The van der Waals surface area contributed by atoms with Crippen LogP contribution in [0.25, 0.3) is 0 Å². The molecule has 4 nitrogen and oxygen atoms in total. The van der Waals surface area contributed by atoms with Crippen LogP contribution in [-0.4, -0.2) is 17.4 Å². The van der Waals surface area contributed by atoms with Gasteiger partial charge in [0.1, 0.15) is 6.54 Å². The summed E-state index contributed by atoms with van der Waals surface area (Å²) in [6.45, 7) is 2.27. The molecule has 0 saturated heterocycles. The van der Waals surface area contributed by atoms with E-state index >= 15 is 0 Å². The lowest BCUT2D eigenvalue weighted by Crippen LogP contribution is -2.35. The van der Waals surface area contributed by atoms with Gasteiger partial charge >= 0.3 is 0 Å². The molecule has 4 heteroatoms. The van der Waals surface area contributed by atoms with Crippen LogP contribution in [0.2, 0.25) is 0 Å². The first-order chi connectivity index (χ1) is 8.74. The zero-order chi connectivity index (χ0) is 12.5. The number of para-hydroxylation sites is 2. The first kappa shape index (κ1) is 10.8. The van der Waals surface area contributed by atoms with Crippen molar-refractivity contribution in [2.24, 2.45) is 0 Å². The van der Waals surface area contributed by atoms with Crippen LogP contribution in [0.4, 0.5) is 17.1 Å². The zero-order valence-electron chi connectivity index (χ0n) is 10.1. The van der Waals surface area contributed by atoms with Gasteiger partial charge in [0.25, 0.3) is 0 Å². The number of pyridine rings is 1. The molecular formula is C14H13N3O. The average Bonchev–Trinajstić information content (AvgIpc) is 2.38. The molecule has 1 aliphatic heterocycles. The number of nitrogens with zero attached hydrogens (tertiary/aromatic N) is 2. The number of aromatic nitrogens is 1. The smallest absolute Gasteiger partial charge is 0.244 e. The van der Waals surface area contributed by atoms with Crippen LogP contribution in [0.1, 0.15) is 5.69 Å². The lowest BCUT2D eigenvalue weighted by Gasteiger charge is -2.30. The van der Waals surface area contributed by atoms with Crippen LogP contribution in [0.5, 0.6) is 0 Å². The van der Waals surface area contributed by atoms with E-state index < -0.39 is 0 Å². The third kappa shape index (κ3) is 1.82. The molecule has 2 aromatic rings. The van der Waals surface area contributed by atoms with Gasteiger partial charge in [0.05, 0.1) is 23.3 Å². The summed E-state index contributed by atoms with van der Waals surface area (Å²) in [6, 6.07) is 11.7. The van der Waals surface area contributed by atoms with Gasteiger partial charge in [-0.2, -0.15) is 0 Å². The van der Waals surface area contributed by atoms with Crippen molar-refractivity contribution in [2.45, 2.75) is 6.92 Å². The number of carbonyl (C=O) groups is 1. The number of amides is 1. The van der Waals surface area contributed by atoms with Crippen LogP contribution >= 0.6 is 0 Å². The molecule has 18 heavy (non-hydrogen) atoms. The van der Waals surface area contributed by atoms with Gasteiger partial charge in [-0.25, -0.2) is 0 Å². The maximum Gasteiger partial charge on any atom is 0.244 e. The Hall–Kier alpha value is -2.36. The van der Waals surface area contributed by atoms with E-state index in [1.807, 2.05) is 48.2 Å². The van der Waals surface area contributed by atoms with E-state index in [0.717, 1.165) is 22.8 Å². The lowest BCUT2D eigenvalue weighted by atomic mass is 10.1. The van der Waals surface area contributed by atoms with Gasteiger partial charge in [0.2, 0.25) is 5.91 Å². The number of nitrogens with one attached hydrogen (secondary N) is 1. The Morgan fingerprint density at radius 3 is 2.83 bits per heavy atom. The highest BCUT2D eigenvalue weighted by Gasteiger charge is 2.22. The fourth-order valence-electron chi connectivity index (χ4n) is 2.08. The van der Waals surface area contributed by atoms with Gasteiger partial charge in [-0.3, -0.25) is 9.78 Å². The van der Waals surface area contributed by atoms with Crippen LogP contribution in [0, 0.1) is 6.92 Å². The number of benzene rings is 1. The molecule has 1 aromatic heterocycles. The molecule has 0 bridgehead atoms. The van der Waals surface area contributed by atoms with Crippen molar-refractivity contribution < 1.29 is 4.79 Å². The second kappa shape index (κ2) is 4.14. The molecule has 3 rings (SSSR count). The fourth-order valence-corrected chi connectivity index (χ4v) is 2.08. The van der Waals surface area contributed by atoms with Crippen molar-refractivity contribution in [3.8, 4) is 0 Å². The molecule has 0 radical (unpaired) electrons. The summed E-state index contributed by atoms with van der Waals surface area (Å²) in [7, 11) is 0. The largest absolute Gasteiger partial charge is 0.329 e. The highest BCUT2D eigenvalue weighted by Crippen LogP contribution is 2.34. The fraction of sp³-hybridized carbons (Fsp3) is 0.143. The van der Waals surface area contributed by atoms with Crippen molar-refractivity contribution in [3.05, 3.63) is 48.3 Å². The summed E-state index contributed by atoms with van der Waals surface area (Å²) in [5, 5.41) is 2.87. The van der Waals surface area contributed by atoms with E-state index in [0.29, 0.717) is 6.54 Å².